The standard InChI is InChI=1S/C13H14F3N3O3/c14-13(15,16)10-7-8(18-12(17)21)1-2-9(10)11(20)19-3-5-22-6-4-19/h1-2,7H,3-6H2,(H3,17,18,21). The van der Waals surface area contributed by atoms with Crippen molar-refractivity contribution in [2.75, 3.05) is 31.6 Å². The molecule has 22 heavy (non-hydrogen) atoms. The highest BCUT2D eigenvalue weighted by molar-refractivity contribution is 5.97. The summed E-state index contributed by atoms with van der Waals surface area (Å²) in [5.74, 6) is -0.721. The third kappa shape index (κ3) is 3.67. The van der Waals surface area contributed by atoms with Crippen molar-refractivity contribution in [3.05, 3.63) is 29.3 Å². The first-order valence-electron chi connectivity index (χ1n) is 6.44. The molecule has 0 aromatic heterocycles. The number of nitrogens with two attached hydrogens (primary N) is 1. The Hall–Kier alpha value is -2.29. The van der Waals surface area contributed by atoms with Crippen molar-refractivity contribution in [1.29, 1.82) is 0 Å². The van der Waals surface area contributed by atoms with Crippen molar-refractivity contribution in [2.45, 2.75) is 6.18 Å². The fourth-order valence-electron chi connectivity index (χ4n) is 2.12. The van der Waals surface area contributed by atoms with Gasteiger partial charge >= 0.3 is 12.2 Å². The van der Waals surface area contributed by atoms with Crippen LogP contribution in [0.1, 0.15) is 15.9 Å². The second-order valence-corrected chi connectivity index (χ2v) is 4.65. The van der Waals surface area contributed by atoms with Gasteiger partial charge in [0.05, 0.1) is 24.3 Å². The number of morpholine rings is 1. The summed E-state index contributed by atoms with van der Waals surface area (Å²) in [7, 11) is 0. The second-order valence-electron chi connectivity index (χ2n) is 4.65. The molecule has 1 saturated heterocycles. The van der Waals surface area contributed by atoms with E-state index in [0.717, 1.165) is 6.07 Å². The van der Waals surface area contributed by atoms with Gasteiger partial charge in [0.15, 0.2) is 0 Å². The molecule has 3 N–H and O–H groups in total. The lowest BCUT2D eigenvalue weighted by Crippen LogP contribution is -2.41. The van der Waals surface area contributed by atoms with Crippen LogP contribution in [0, 0.1) is 0 Å². The Balaban J connectivity index is 2.37. The van der Waals surface area contributed by atoms with Gasteiger partial charge in [0, 0.05) is 18.8 Å². The Morgan fingerprint density at radius 2 is 1.86 bits per heavy atom. The summed E-state index contributed by atoms with van der Waals surface area (Å²) < 4.78 is 44.5. The van der Waals surface area contributed by atoms with E-state index in [1.165, 1.54) is 11.0 Å². The first-order valence-corrected chi connectivity index (χ1v) is 6.44. The maximum absolute atomic E-state index is 13.2. The highest BCUT2D eigenvalue weighted by atomic mass is 19.4. The average molecular weight is 317 g/mol. The Morgan fingerprint density at radius 1 is 1.23 bits per heavy atom. The molecule has 0 saturated carbocycles. The first-order chi connectivity index (χ1) is 10.3. The number of nitrogens with one attached hydrogen (secondary N) is 1. The highest BCUT2D eigenvalue weighted by Gasteiger charge is 2.36. The molecule has 120 valence electrons. The summed E-state index contributed by atoms with van der Waals surface area (Å²) in [5, 5.41) is 2.06. The molecule has 1 aromatic carbocycles. The Bertz CT molecular complexity index is 584. The molecule has 6 nitrogen and oxygen atoms in total. The van der Waals surface area contributed by atoms with Crippen LogP contribution in [0.3, 0.4) is 0 Å². The smallest absolute Gasteiger partial charge is 0.378 e. The highest BCUT2D eigenvalue weighted by Crippen LogP contribution is 2.34. The molecular formula is C13H14F3N3O3. The minimum Gasteiger partial charge on any atom is -0.378 e. The number of hydrogen-bond donors (Lipinski definition) is 2. The number of benzene rings is 1. The molecule has 0 bridgehead atoms. The molecule has 0 radical (unpaired) electrons. The quantitative estimate of drug-likeness (QED) is 0.870. The van der Waals surface area contributed by atoms with Crippen LogP contribution in [0.2, 0.25) is 0 Å². The number of carbonyl (C=O) groups excluding carboxylic acids is 2. The maximum Gasteiger partial charge on any atom is 0.417 e. The van der Waals surface area contributed by atoms with Gasteiger partial charge in [-0.25, -0.2) is 4.79 Å². The summed E-state index contributed by atoms with van der Waals surface area (Å²) in [4.78, 5) is 24.3. The van der Waals surface area contributed by atoms with Gasteiger partial charge in [-0.1, -0.05) is 0 Å². The number of ether oxygens (including phenoxy) is 1. The van der Waals surface area contributed by atoms with Gasteiger partial charge in [-0.3, -0.25) is 4.79 Å². The number of hydrogen-bond acceptors (Lipinski definition) is 3. The zero-order valence-corrected chi connectivity index (χ0v) is 11.4. The summed E-state index contributed by atoms with van der Waals surface area (Å²) in [6.07, 6.45) is -4.73. The Kier molecular flexibility index (Phi) is 4.55. The zero-order chi connectivity index (χ0) is 16.3. The average Bonchev–Trinajstić information content (AvgIpc) is 2.46. The van der Waals surface area contributed by atoms with E-state index >= 15 is 0 Å². The van der Waals surface area contributed by atoms with Crippen molar-refractivity contribution in [3.63, 3.8) is 0 Å². The van der Waals surface area contributed by atoms with E-state index in [1.807, 2.05) is 0 Å². The third-order valence-electron chi connectivity index (χ3n) is 3.12. The number of alkyl halides is 3. The number of carbonyl (C=O) groups is 2. The van der Waals surface area contributed by atoms with Crippen LogP contribution >= 0.6 is 0 Å². The predicted octanol–water partition coefficient (Wildman–Crippen LogP) is 1.67. The Morgan fingerprint density at radius 3 is 2.41 bits per heavy atom. The number of halogens is 3. The number of amides is 3. The van der Waals surface area contributed by atoms with Crippen molar-refractivity contribution in [2.24, 2.45) is 5.73 Å². The van der Waals surface area contributed by atoms with Crippen LogP contribution in [-0.4, -0.2) is 43.1 Å². The van der Waals surface area contributed by atoms with Crippen LogP contribution < -0.4 is 11.1 Å². The monoisotopic (exact) mass is 317 g/mol. The van der Waals surface area contributed by atoms with Crippen molar-refractivity contribution < 1.29 is 27.5 Å². The van der Waals surface area contributed by atoms with Crippen molar-refractivity contribution in [3.8, 4) is 0 Å². The molecule has 0 atom stereocenters. The van der Waals surface area contributed by atoms with Gasteiger partial charge in [-0.2, -0.15) is 13.2 Å². The molecule has 0 spiro atoms. The van der Waals surface area contributed by atoms with Gasteiger partial charge in [0.1, 0.15) is 0 Å². The van der Waals surface area contributed by atoms with Crippen molar-refractivity contribution >= 4 is 17.6 Å². The van der Waals surface area contributed by atoms with Gasteiger partial charge in [0.2, 0.25) is 0 Å². The van der Waals surface area contributed by atoms with Gasteiger partial charge in [-0.05, 0) is 18.2 Å². The minimum absolute atomic E-state index is 0.127. The van der Waals surface area contributed by atoms with Gasteiger partial charge in [-0.15, -0.1) is 0 Å². The molecule has 0 unspecified atom stereocenters. The van der Waals surface area contributed by atoms with E-state index in [2.05, 4.69) is 5.32 Å². The SMILES string of the molecule is NC(=O)Nc1ccc(C(=O)N2CCOCC2)c(C(F)(F)F)c1. The second kappa shape index (κ2) is 6.22. The molecule has 1 fully saturated rings. The first kappa shape index (κ1) is 16.1. The lowest BCUT2D eigenvalue weighted by molar-refractivity contribution is -0.138. The molecule has 1 heterocycles. The maximum atomic E-state index is 13.2. The zero-order valence-electron chi connectivity index (χ0n) is 11.4. The summed E-state index contributed by atoms with van der Waals surface area (Å²) in [5.41, 5.74) is 3.17. The fourth-order valence-corrected chi connectivity index (χ4v) is 2.12. The third-order valence-corrected chi connectivity index (χ3v) is 3.12. The number of nitrogens with zero attached hydrogens (tertiary/aromatic N) is 1. The molecular weight excluding hydrogens is 303 g/mol. The molecule has 0 aliphatic carbocycles. The molecule has 9 heteroatoms. The summed E-state index contributed by atoms with van der Waals surface area (Å²) >= 11 is 0. The lowest BCUT2D eigenvalue weighted by atomic mass is 10.0. The number of anilines is 1. The largest absolute Gasteiger partial charge is 0.417 e. The normalized spacial score (nSPS) is 15.5. The Labute approximate surface area is 124 Å². The van der Waals surface area contributed by atoms with Crippen LogP contribution in [0.5, 0.6) is 0 Å². The summed E-state index contributed by atoms with van der Waals surface area (Å²) in [6.45, 7) is 1.04. The van der Waals surface area contributed by atoms with E-state index in [-0.39, 0.29) is 32.0 Å². The molecule has 3 amide bonds. The molecule has 2 rings (SSSR count). The lowest BCUT2D eigenvalue weighted by Gasteiger charge is -2.28. The van der Waals surface area contributed by atoms with Gasteiger partial charge < -0.3 is 20.7 Å². The topological polar surface area (TPSA) is 84.7 Å². The van der Waals surface area contributed by atoms with E-state index in [1.54, 1.807) is 0 Å². The van der Waals surface area contributed by atoms with E-state index in [9.17, 15) is 22.8 Å². The van der Waals surface area contributed by atoms with Crippen LogP contribution in [0.25, 0.3) is 0 Å². The number of rotatable bonds is 2. The van der Waals surface area contributed by atoms with E-state index in [4.69, 9.17) is 10.5 Å². The predicted molar refractivity (Wildman–Crippen MR) is 71.4 cm³/mol. The van der Waals surface area contributed by atoms with Crippen LogP contribution in [-0.2, 0) is 10.9 Å². The molecule has 1 aliphatic rings. The molecule has 1 aliphatic heterocycles. The van der Waals surface area contributed by atoms with Crippen LogP contribution in [0.15, 0.2) is 18.2 Å². The van der Waals surface area contributed by atoms with Gasteiger partial charge in [0.25, 0.3) is 5.91 Å². The summed E-state index contributed by atoms with van der Waals surface area (Å²) in [6, 6.07) is 1.94. The fraction of sp³-hybridized carbons (Fsp3) is 0.385. The van der Waals surface area contributed by atoms with E-state index in [0.29, 0.717) is 6.07 Å². The van der Waals surface area contributed by atoms with Crippen LogP contribution in [0.4, 0.5) is 23.7 Å². The van der Waals surface area contributed by atoms with E-state index < -0.39 is 29.2 Å². The minimum atomic E-state index is -4.73. The van der Waals surface area contributed by atoms with Crippen molar-refractivity contribution in [1.82, 2.24) is 4.90 Å². The molecule has 1 aromatic rings. The number of primary amides is 1. The number of urea groups is 1.